The SMILES string of the molecule is CC(=O)O[C@@H](C1C[C@@H](C)[C@H]2C(O1)[C@H](O)[C@@]1(C)C3CC[C@H]4C(C)(C)C(OC(=O)CN)CC[C@@]45C[C@@]35CC[C@]21C)C(C)(C)O. The van der Waals surface area contributed by atoms with Gasteiger partial charge in [0.15, 0.2) is 6.10 Å². The van der Waals surface area contributed by atoms with Gasteiger partial charge >= 0.3 is 11.9 Å². The number of carbonyl (C=O) groups excluding carboxylic acids is 2. The Balaban J connectivity index is 1.31. The number of fused-ring (bicyclic) bond motifs is 4. The molecule has 1 aliphatic heterocycles. The molecule has 1 heterocycles. The van der Waals surface area contributed by atoms with Crippen LogP contribution in [0.2, 0.25) is 0 Å². The molecule has 0 aromatic carbocycles. The van der Waals surface area contributed by atoms with Crippen molar-refractivity contribution in [1.29, 1.82) is 0 Å². The van der Waals surface area contributed by atoms with Gasteiger partial charge in [0.2, 0.25) is 0 Å². The highest BCUT2D eigenvalue weighted by Crippen LogP contribution is 2.89. The Labute approximate surface area is 251 Å². The smallest absolute Gasteiger partial charge is 0.319 e. The van der Waals surface area contributed by atoms with E-state index in [0.29, 0.717) is 18.3 Å². The second-order valence-corrected chi connectivity index (χ2v) is 16.9. The highest BCUT2D eigenvalue weighted by atomic mass is 16.6. The lowest BCUT2D eigenvalue weighted by Gasteiger charge is -2.63. The normalized spacial score (nSPS) is 51.1. The summed E-state index contributed by atoms with van der Waals surface area (Å²) in [6.45, 7) is 16.2. The summed E-state index contributed by atoms with van der Waals surface area (Å²) in [7, 11) is 0. The van der Waals surface area contributed by atoms with Crippen molar-refractivity contribution in [2.45, 2.75) is 143 Å². The molecule has 1 saturated heterocycles. The summed E-state index contributed by atoms with van der Waals surface area (Å²) >= 11 is 0. The summed E-state index contributed by atoms with van der Waals surface area (Å²) in [4.78, 5) is 24.2. The molecule has 0 amide bonds. The number of nitrogens with two attached hydrogens (primary N) is 1. The van der Waals surface area contributed by atoms with E-state index in [0.717, 1.165) is 32.1 Å². The Bertz CT molecular complexity index is 1130. The van der Waals surface area contributed by atoms with Crippen LogP contribution in [0.5, 0.6) is 0 Å². The molecular formula is C34H55NO7. The minimum absolute atomic E-state index is 0.0790. The summed E-state index contributed by atoms with van der Waals surface area (Å²) in [5.74, 6) is 0.575. The fourth-order valence-corrected chi connectivity index (χ4v) is 12.8. The van der Waals surface area contributed by atoms with Crippen LogP contribution in [0.4, 0.5) is 0 Å². The first-order chi connectivity index (χ1) is 19.4. The molecule has 238 valence electrons. The lowest BCUT2D eigenvalue weighted by molar-refractivity contribution is -0.216. The second-order valence-electron chi connectivity index (χ2n) is 16.9. The molecule has 5 saturated carbocycles. The Kier molecular flexibility index (Phi) is 6.89. The maximum Gasteiger partial charge on any atom is 0.319 e. The third kappa shape index (κ3) is 3.79. The van der Waals surface area contributed by atoms with Crippen molar-refractivity contribution in [3.05, 3.63) is 0 Å². The van der Waals surface area contributed by atoms with Gasteiger partial charge in [-0.1, -0.05) is 34.6 Å². The van der Waals surface area contributed by atoms with Crippen LogP contribution in [0.1, 0.15) is 107 Å². The fourth-order valence-electron chi connectivity index (χ4n) is 12.8. The van der Waals surface area contributed by atoms with Gasteiger partial charge < -0.3 is 30.2 Å². The molecule has 13 atom stereocenters. The number of esters is 2. The molecular weight excluding hydrogens is 534 g/mol. The van der Waals surface area contributed by atoms with Gasteiger partial charge in [0.25, 0.3) is 0 Å². The summed E-state index contributed by atoms with van der Waals surface area (Å²) in [5.41, 5.74) is 4.27. The minimum atomic E-state index is -1.26. The highest BCUT2D eigenvalue weighted by Gasteiger charge is 2.84. The van der Waals surface area contributed by atoms with E-state index in [1.807, 2.05) is 0 Å². The topological polar surface area (TPSA) is 128 Å². The van der Waals surface area contributed by atoms with Crippen LogP contribution in [0.25, 0.3) is 0 Å². The van der Waals surface area contributed by atoms with Crippen molar-refractivity contribution in [2.75, 3.05) is 6.54 Å². The van der Waals surface area contributed by atoms with E-state index in [9.17, 15) is 19.8 Å². The maximum atomic E-state index is 12.4. The van der Waals surface area contributed by atoms with Crippen LogP contribution < -0.4 is 5.73 Å². The van der Waals surface area contributed by atoms with Crippen molar-refractivity contribution in [2.24, 2.45) is 56.5 Å². The third-order valence-corrected chi connectivity index (χ3v) is 14.5. The average molecular weight is 590 g/mol. The van der Waals surface area contributed by atoms with Gasteiger partial charge in [-0.25, -0.2) is 0 Å². The van der Waals surface area contributed by atoms with Crippen LogP contribution in [0, 0.1) is 50.7 Å². The molecule has 0 aromatic heterocycles. The number of carbonyl (C=O) groups is 2. The zero-order chi connectivity index (χ0) is 30.8. The minimum Gasteiger partial charge on any atom is -0.461 e. The van der Waals surface area contributed by atoms with Crippen LogP contribution >= 0.6 is 0 Å². The second kappa shape index (κ2) is 9.40. The number of aliphatic hydroxyl groups is 2. The zero-order valence-electron chi connectivity index (χ0n) is 27.1. The summed E-state index contributed by atoms with van der Waals surface area (Å²) in [5, 5.41) is 23.4. The summed E-state index contributed by atoms with van der Waals surface area (Å²) < 4.78 is 18.3. The molecule has 8 nitrogen and oxygen atoms in total. The van der Waals surface area contributed by atoms with E-state index in [4.69, 9.17) is 19.9 Å². The molecule has 2 spiro atoms. The largest absolute Gasteiger partial charge is 0.461 e. The fraction of sp³-hybridized carbons (Fsp3) is 0.941. The molecule has 6 aliphatic rings. The van der Waals surface area contributed by atoms with Gasteiger partial charge in [-0.05, 0) is 105 Å². The van der Waals surface area contributed by atoms with Crippen molar-refractivity contribution >= 4 is 11.9 Å². The number of hydrogen-bond acceptors (Lipinski definition) is 8. The van der Waals surface area contributed by atoms with Gasteiger partial charge in [-0.3, -0.25) is 9.59 Å². The van der Waals surface area contributed by atoms with Crippen LogP contribution in [-0.2, 0) is 23.8 Å². The Morgan fingerprint density at radius 2 is 1.69 bits per heavy atom. The van der Waals surface area contributed by atoms with E-state index < -0.39 is 29.9 Å². The lowest BCUT2D eigenvalue weighted by Crippen LogP contribution is -2.60. The molecule has 0 radical (unpaired) electrons. The van der Waals surface area contributed by atoms with E-state index in [2.05, 4.69) is 34.6 Å². The van der Waals surface area contributed by atoms with Gasteiger partial charge in [0.1, 0.15) is 6.10 Å². The van der Waals surface area contributed by atoms with Crippen molar-refractivity contribution < 1.29 is 34.0 Å². The van der Waals surface area contributed by atoms with Gasteiger partial charge in [-0.15, -0.1) is 0 Å². The van der Waals surface area contributed by atoms with E-state index in [1.165, 1.54) is 19.8 Å². The molecule has 0 aromatic rings. The first-order valence-electron chi connectivity index (χ1n) is 16.5. The summed E-state index contributed by atoms with van der Waals surface area (Å²) in [6, 6.07) is 0. The van der Waals surface area contributed by atoms with Crippen LogP contribution in [0.15, 0.2) is 0 Å². The molecule has 42 heavy (non-hydrogen) atoms. The van der Waals surface area contributed by atoms with E-state index in [1.54, 1.807) is 13.8 Å². The van der Waals surface area contributed by atoms with Crippen LogP contribution in [0.3, 0.4) is 0 Å². The zero-order valence-corrected chi connectivity index (χ0v) is 27.1. The van der Waals surface area contributed by atoms with E-state index >= 15 is 0 Å². The molecule has 6 rings (SSSR count). The van der Waals surface area contributed by atoms with Gasteiger partial charge in [0.05, 0.1) is 30.5 Å². The summed E-state index contributed by atoms with van der Waals surface area (Å²) in [6.07, 6.45) is 5.84. The molecule has 5 aliphatic carbocycles. The monoisotopic (exact) mass is 589 g/mol. The van der Waals surface area contributed by atoms with Gasteiger partial charge in [-0.2, -0.15) is 0 Å². The molecule has 6 fully saturated rings. The average Bonchev–Trinajstić information content (AvgIpc) is 3.52. The standard InChI is InChI=1S/C34H55NO7/c1-18-15-20(28(30(5,6)39)40-19(2)36)41-26-25(18)31(7)13-14-34-17-33(34)12-11-23(42-24(37)16-35)29(3,4)21(33)9-10-22(34)32(31,8)27(26)38/h18,20-23,25-28,38-39H,9-17,35H2,1-8H3/t18-,20?,21+,22?,23?,25+,26?,27+,28+,31-,32-,33-,34+/m1/s1. The molecule has 8 heteroatoms. The van der Waals surface area contributed by atoms with E-state index in [-0.39, 0.29) is 63.6 Å². The quantitative estimate of drug-likeness (QED) is 0.403. The first-order valence-corrected chi connectivity index (χ1v) is 16.5. The number of ether oxygens (including phenoxy) is 3. The number of hydrogen-bond donors (Lipinski definition) is 3. The number of aliphatic hydroxyl groups excluding tert-OH is 1. The maximum absolute atomic E-state index is 12.4. The van der Waals surface area contributed by atoms with Crippen molar-refractivity contribution in [3.8, 4) is 0 Å². The van der Waals surface area contributed by atoms with Crippen molar-refractivity contribution in [1.82, 2.24) is 0 Å². The lowest BCUT2D eigenvalue weighted by atomic mass is 9.41. The van der Waals surface area contributed by atoms with Crippen molar-refractivity contribution in [3.63, 3.8) is 0 Å². The predicted molar refractivity (Wildman–Crippen MR) is 157 cm³/mol. The highest BCUT2D eigenvalue weighted by molar-refractivity contribution is 5.71. The van der Waals surface area contributed by atoms with Gasteiger partial charge in [0, 0.05) is 17.8 Å². The van der Waals surface area contributed by atoms with Crippen LogP contribution in [-0.4, -0.2) is 64.8 Å². The first kappa shape index (κ1) is 30.8. The molecule has 0 bridgehead atoms. The Morgan fingerprint density at radius 1 is 1.05 bits per heavy atom. The molecule has 4 N–H and O–H groups in total. The molecule has 4 unspecified atom stereocenters. The Hall–Kier alpha value is -1.22. The predicted octanol–water partition coefficient (Wildman–Crippen LogP) is 4.37. The third-order valence-electron chi connectivity index (χ3n) is 14.5. The Morgan fingerprint density at radius 3 is 2.31 bits per heavy atom. The number of rotatable bonds is 5.